The number of aromatic nitrogens is 4. The summed E-state index contributed by atoms with van der Waals surface area (Å²) in [6, 6.07) is 5.11. The highest BCUT2D eigenvalue weighted by atomic mass is 16.5. The number of tetrazole rings is 1. The third-order valence-electron chi connectivity index (χ3n) is 3.04. The summed E-state index contributed by atoms with van der Waals surface area (Å²) in [4.78, 5) is 13.9. The molecule has 0 spiro atoms. The van der Waals surface area contributed by atoms with Gasteiger partial charge >= 0.3 is 0 Å². The van der Waals surface area contributed by atoms with E-state index in [1.807, 2.05) is 0 Å². The Bertz CT molecular complexity index is 619. The van der Waals surface area contributed by atoms with Crippen molar-refractivity contribution >= 4 is 11.9 Å². The van der Waals surface area contributed by atoms with Gasteiger partial charge in [0.1, 0.15) is 17.1 Å². The molecule has 2 rings (SSSR count). The van der Waals surface area contributed by atoms with Gasteiger partial charge < -0.3 is 9.47 Å². The van der Waals surface area contributed by atoms with Gasteiger partial charge in [-0.1, -0.05) is 24.5 Å². The molecule has 0 aliphatic carbocycles. The zero-order valence-electron chi connectivity index (χ0n) is 12.9. The number of anilines is 1. The van der Waals surface area contributed by atoms with E-state index in [2.05, 4.69) is 27.7 Å². The molecule has 0 atom stereocenters. The predicted molar refractivity (Wildman–Crippen MR) is 80.2 cm³/mol. The summed E-state index contributed by atoms with van der Waals surface area (Å²) in [5.41, 5.74) is 0.289. The van der Waals surface area contributed by atoms with E-state index >= 15 is 0 Å². The monoisotopic (exact) mass is 305 g/mol. The minimum Gasteiger partial charge on any atom is -0.496 e. The first-order valence-corrected chi connectivity index (χ1v) is 6.99. The second kappa shape index (κ2) is 7.39. The van der Waals surface area contributed by atoms with Gasteiger partial charge in [0.25, 0.3) is 11.9 Å². The summed E-state index contributed by atoms with van der Waals surface area (Å²) in [6.07, 6.45) is 1.98. The van der Waals surface area contributed by atoms with Gasteiger partial charge in [0, 0.05) is 0 Å². The number of carbonyl (C=O) groups excluding carboxylic acids is 1. The van der Waals surface area contributed by atoms with E-state index in [9.17, 15) is 4.79 Å². The largest absolute Gasteiger partial charge is 0.496 e. The van der Waals surface area contributed by atoms with Gasteiger partial charge in [-0.2, -0.15) is 4.80 Å². The molecular formula is C14H19N5O3. The van der Waals surface area contributed by atoms with Crippen LogP contribution in [0.3, 0.4) is 0 Å². The second-order valence-corrected chi connectivity index (χ2v) is 4.55. The van der Waals surface area contributed by atoms with Crippen molar-refractivity contribution < 1.29 is 14.3 Å². The van der Waals surface area contributed by atoms with E-state index in [-0.39, 0.29) is 11.5 Å². The molecule has 1 heterocycles. The van der Waals surface area contributed by atoms with Crippen LogP contribution in [0, 0.1) is 0 Å². The SMILES string of the molecule is CCCCn1nnc(NC(=O)c2c(OC)cccc2OC)n1. The van der Waals surface area contributed by atoms with Gasteiger partial charge in [0.05, 0.1) is 20.8 Å². The van der Waals surface area contributed by atoms with Gasteiger partial charge in [0.15, 0.2) is 0 Å². The maximum Gasteiger partial charge on any atom is 0.270 e. The lowest BCUT2D eigenvalue weighted by Gasteiger charge is -2.11. The Morgan fingerprint density at radius 3 is 2.55 bits per heavy atom. The molecule has 0 aliphatic rings. The van der Waals surface area contributed by atoms with E-state index in [1.54, 1.807) is 18.2 Å². The molecule has 2 aromatic rings. The van der Waals surface area contributed by atoms with Crippen molar-refractivity contribution in [3.63, 3.8) is 0 Å². The third-order valence-corrected chi connectivity index (χ3v) is 3.04. The van der Waals surface area contributed by atoms with Gasteiger partial charge in [-0.05, 0) is 23.8 Å². The van der Waals surface area contributed by atoms with E-state index < -0.39 is 5.91 Å². The Hall–Kier alpha value is -2.64. The number of rotatable bonds is 7. The van der Waals surface area contributed by atoms with Gasteiger partial charge in [-0.3, -0.25) is 10.1 Å². The molecule has 8 heteroatoms. The lowest BCUT2D eigenvalue weighted by atomic mass is 10.1. The first-order chi connectivity index (χ1) is 10.7. The fourth-order valence-electron chi connectivity index (χ4n) is 1.93. The first kappa shape index (κ1) is 15.7. The molecule has 0 saturated heterocycles. The number of ether oxygens (including phenoxy) is 2. The van der Waals surface area contributed by atoms with Crippen LogP contribution in [0.2, 0.25) is 0 Å². The zero-order chi connectivity index (χ0) is 15.9. The number of unbranched alkanes of at least 4 members (excludes halogenated alkanes) is 1. The molecule has 0 unspecified atom stereocenters. The quantitative estimate of drug-likeness (QED) is 0.838. The van der Waals surface area contributed by atoms with Crippen molar-refractivity contribution in [2.75, 3.05) is 19.5 Å². The molecular weight excluding hydrogens is 286 g/mol. The highest BCUT2D eigenvalue weighted by molar-refractivity contribution is 6.07. The maximum absolute atomic E-state index is 12.4. The second-order valence-electron chi connectivity index (χ2n) is 4.55. The Balaban J connectivity index is 2.17. The van der Waals surface area contributed by atoms with Crippen LogP contribution in [0.25, 0.3) is 0 Å². The van der Waals surface area contributed by atoms with Crippen LogP contribution in [0.1, 0.15) is 30.1 Å². The minimum absolute atomic E-state index is 0.147. The summed E-state index contributed by atoms with van der Waals surface area (Å²) in [5.74, 6) is 0.559. The molecule has 0 radical (unpaired) electrons. The van der Waals surface area contributed by atoms with Crippen molar-refractivity contribution in [3.05, 3.63) is 23.8 Å². The van der Waals surface area contributed by atoms with E-state index in [1.165, 1.54) is 19.0 Å². The Labute approximate surface area is 128 Å². The smallest absolute Gasteiger partial charge is 0.270 e. The first-order valence-electron chi connectivity index (χ1n) is 6.99. The molecule has 1 aromatic carbocycles. The van der Waals surface area contributed by atoms with Gasteiger partial charge in [-0.15, -0.1) is 5.10 Å². The van der Waals surface area contributed by atoms with Crippen LogP contribution in [0.4, 0.5) is 5.95 Å². The van der Waals surface area contributed by atoms with E-state index in [4.69, 9.17) is 9.47 Å². The molecule has 118 valence electrons. The van der Waals surface area contributed by atoms with Crippen molar-refractivity contribution in [1.82, 2.24) is 20.2 Å². The number of hydrogen-bond donors (Lipinski definition) is 1. The molecule has 1 N–H and O–H groups in total. The molecule has 0 aliphatic heterocycles. The number of benzene rings is 1. The summed E-state index contributed by atoms with van der Waals surface area (Å²) < 4.78 is 10.4. The lowest BCUT2D eigenvalue weighted by Crippen LogP contribution is -2.15. The van der Waals surface area contributed by atoms with Crippen molar-refractivity contribution in [3.8, 4) is 11.5 Å². The summed E-state index contributed by atoms with van der Waals surface area (Å²) in [7, 11) is 2.98. The number of aryl methyl sites for hydroxylation is 1. The van der Waals surface area contributed by atoms with Crippen LogP contribution < -0.4 is 14.8 Å². The minimum atomic E-state index is -0.413. The average molecular weight is 305 g/mol. The number of nitrogens with one attached hydrogen (secondary N) is 1. The van der Waals surface area contributed by atoms with Crippen LogP contribution >= 0.6 is 0 Å². The number of nitrogens with zero attached hydrogens (tertiary/aromatic N) is 4. The average Bonchev–Trinajstić information content (AvgIpc) is 2.99. The van der Waals surface area contributed by atoms with Crippen LogP contribution in [-0.4, -0.2) is 40.3 Å². The molecule has 1 aromatic heterocycles. The highest BCUT2D eigenvalue weighted by Crippen LogP contribution is 2.28. The lowest BCUT2D eigenvalue weighted by molar-refractivity contribution is 0.102. The molecule has 8 nitrogen and oxygen atoms in total. The summed E-state index contributed by atoms with van der Waals surface area (Å²) in [6.45, 7) is 2.74. The van der Waals surface area contributed by atoms with E-state index in [0.29, 0.717) is 18.0 Å². The Morgan fingerprint density at radius 2 is 1.95 bits per heavy atom. The topological polar surface area (TPSA) is 91.2 Å². The molecule has 22 heavy (non-hydrogen) atoms. The zero-order valence-corrected chi connectivity index (χ0v) is 12.9. The number of carbonyl (C=O) groups is 1. The summed E-state index contributed by atoms with van der Waals surface area (Å²) in [5, 5.41) is 14.4. The van der Waals surface area contributed by atoms with Crippen LogP contribution in [-0.2, 0) is 6.54 Å². The van der Waals surface area contributed by atoms with Crippen LogP contribution in [0.15, 0.2) is 18.2 Å². The standard InChI is InChI=1S/C14H19N5O3/c1-4-5-9-19-17-14(16-18-19)15-13(20)12-10(21-2)7-6-8-11(12)22-3/h6-8H,4-5,9H2,1-3H3,(H,15,17,20). The molecule has 0 bridgehead atoms. The maximum atomic E-state index is 12.4. The predicted octanol–water partition coefficient (Wildman–Crippen LogP) is 1.74. The molecule has 1 amide bonds. The fourth-order valence-corrected chi connectivity index (χ4v) is 1.93. The van der Waals surface area contributed by atoms with Gasteiger partial charge in [-0.25, -0.2) is 0 Å². The van der Waals surface area contributed by atoms with Crippen molar-refractivity contribution in [2.45, 2.75) is 26.3 Å². The normalized spacial score (nSPS) is 10.3. The Kier molecular flexibility index (Phi) is 5.29. The molecule has 0 saturated carbocycles. The third kappa shape index (κ3) is 3.51. The molecule has 0 fully saturated rings. The number of methoxy groups -OCH3 is 2. The van der Waals surface area contributed by atoms with Crippen LogP contribution in [0.5, 0.6) is 11.5 Å². The van der Waals surface area contributed by atoms with Gasteiger partial charge in [0.2, 0.25) is 0 Å². The number of hydrogen-bond acceptors (Lipinski definition) is 6. The summed E-state index contributed by atoms with van der Waals surface area (Å²) >= 11 is 0. The van der Waals surface area contributed by atoms with E-state index in [0.717, 1.165) is 12.8 Å². The van der Waals surface area contributed by atoms with Crippen molar-refractivity contribution in [2.24, 2.45) is 0 Å². The Morgan fingerprint density at radius 1 is 1.27 bits per heavy atom. The van der Waals surface area contributed by atoms with Crippen molar-refractivity contribution in [1.29, 1.82) is 0 Å². The highest BCUT2D eigenvalue weighted by Gasteiger charge is 2.19. The number of amides is 1. The fraction of sp³-hybridized carbons (Fsp3) is 0.429.